The number of carbonyl (C=O) groups excluding carboxylic acids is 2. The Balaban J connectivity index is 2.51. The van der Waals surface area contributed by atoms with E-state index in [9.17, 15) is 9.59 Å². The summed E-state index contributed by atoms with van der Waals surface area (Å²) in [4.78, 5) is 22.1. The monoisotopic (exact) mass is 251 g/mol. The summed E-state index contributed by atoms with van der Waals surface area (Å²) in [5.41, 5.74) is 0.517. The minimum Gasteiger partial charge on any atom is -0.497 e. The molecule has 0 heterocycles. The smallest absolute Gasteiger partial charge is 0.452 e. The van der Waals surface area contributed by atoms with Gasteiger partial charge < -0.3 is 14.8 Å². The number of anilines is 1. The van der Waals surface area contributed by atoms with Crippen molar-refractivity contribution in [2.75, 3.05) is 19.0 Å². The van der Waals surface area contributed by atoms with E-state index in [-0.39, 0.29) is 6.61 Å². The summed E-state index contributed by atoms with van der Waals surface area (Å²) >= 11 is 0. The molecule has 0 saturated carbocycles. The van der Waals surface area contributed by atoms with Crippen molar-refractivity contribution in [1.82, 2.24) is 0 Å². The van der Waals surface area contributed by atoms with E-state index >= 15 is 0 Å². The van der Waals surface area contributed by atoms with Crippen molar-refractivity contribution in [2.24, 2.45) is 10.2 Å². The van der Waals surface area contributed by atoms with E-state index in [1.54, 1.807) is 38.3 Å². The van der Waals surface area contributed by atoms with E-state index in [0.717, 1.165) is 0 Å². The van der Waals surface area contributed by atoms with E-state index in [2.05, 4.69) is 20.3 Å². The molecule has 0 bridgehead atoms. The molecule has 0 unspecified atom stereocenters. The number of nitrogens with one attached hydrogen (secondary N) is 1. The maximum Gasteiger partial charge on any atom is 0.452 e. The maximum atomic E-state index is 11.3. The molecule has 7 heteroatoms. The van der Waals surface area contributed by atoms with E-state index in [0.29, 0.717) is 11.4 Å². The standard InChI is InChI=1S/C11H13N3O4/c1-3-18-11(16)14-13-10(15)12-8-4-6-9(17-2)7-5-8/h4-7H,3H2,1-2H3,(H,12,15)/b14-13+. The molecule has 1 rings (SSSR count). The van der Waals surface area contributed by atoms with E-state index in [1.165, 1.54) is 0 Å². The zero-order chi connectivity index (χ0) is 13.4. The lowest BCUT2D eigenvalue weighted by Gasteiger charge is -2.02. The molecular formula is C11H13N3O4. The highest BCUT2D eigenvalue weighted by molar-refractivity contribution is 5.90. The minimum atomic E-state index is -0.901. The lowest BCUT2D eigenvalue weighted by molar-refractivity contribution is 0.161. The number of rotatable bonds is 3. The van der Waals surface area contributed by atoms with Crippen LogP contribution < -0.4 is 10.1 Å². The molecule has 0 aliphatic rings. The second-order valence-corrected chi connectivity index (χ2v) is 3.06. The van der Waals surface area contributed by atoms with Gasteiger partial charge in [0.1, 0.15) is 5.75 Å². The van der Waals surface area contributed by atoms with Gasteiger partial charge in [-0.15, -0.1) is 0 Å². The van der Waals surface area contributed by atoms with E-state index in [1.807, 2.05) is 0 Å². The van der Waals surface area contributed by atoms with Crippen LogP contribution in [0.25, 0.3) is 0 Å². The molecule has 1 aromatic rings. The molecule has 0 aliphatic carbocycles. The lowest BCUT2D eigenvalue weighted by atomic mass is 10.3. The Morgan fingerprint density at radius 1 is 1.22 bits per heavy atom. The molecular weight excluding hydrogens is 238 g/mol. The van der Waals surface area contributed by atoms with Crippen molar-refractivity contribution >= 4 is 17.8 Å². The van der Waals surface area contributed by atoms with Gasteiger partial charge in [-0.3, -0.25) is 0 Å². The zero-order valence-electron chi connectivity index (χ0n) is 10.0. The fourth-order valence-electron chi connectivity index (χ4n) is 1.06. The number of urea groups is 1. The van der Waals surface area contributed by atoms with Crippen LogP contribution in [0, 0.1) is 0 Å². The lowest BCUT2D eigenvalue weighted by Crippen LogP contribution is -2.06. The van der Waals surface area contributed by atoms with Crippen LogP contribution in [0.15, 0.2) is 34.5 Å². The molecule has 0 atom stereocenters. The van der Waals surface area contributed by atoms with Crippen LogP contribution in [-0.2, 0) is 4.74 Å². The number of amides is 3. The third kappa shape index (κ3) is 4.60. The average Bonchev–Trinajstić information content (AvgIpc) is 2.38. The highest BCUT2D eigenvalue weighted by atomic mass is 16.5. The molecule has 0 saturated heterocycles. The molecule has 0 aliphatic heterocycles. The van der Waals surface area contributed by atoms with Gasteiger partial charge in [-0.25, -0.2) is 9.59 Å². The Bertz CT molecular complexity index is 442. The van der Waals surface area contributed by atoms with Crippen LogP contribution in [-0.4, -0.2) is 25.8 Å². The Kier molecular flexibility index (Phi) is 5.30. The number of benzene rings is 1. The second kappa shape index (κ2) is 7.00. The van der Waals surface area contributed by atoms with Crippen LogP contribution in [0.5, 0.6) is 5.75 Å². The van der Waals surface area contributed by atoms with Crippen molar-refractivity contribution in [1.29, 1.82) is 0 Å². The Labute approximate surface area is 104 Å². The van der Waals surface area contributed by atoms with E-state index < -0.39 is 12.1 Å². The number of methoxy groups -OCH3 is 1. The Morgan fingerprint density at radius 3 is 2.44 bits per heavy atom. The zero-order valence-corrected chi connectivity index (χ0v) is 10.0. The fraction of sp³-hybridized carbons (Fsp3) is 0.273. The summed E-state index contributed by atoms with van der Waals surface area (Å²) in [6.07, 6.45) is -0.901. The van der Waals surface area contributed by atoms with Crippen LogP contribution in [0.4, 0.5) is 15.3 Å². The molecule has 18 heavy (non-hydrogen) atoms. The summed E-state index contributed by atoms with van der Waals surface area (Å²) in [7, 11) is 1.54. The number of ether oxygens (including phenoxy) is 2. The minimum absolute atomic E-state index is 0.179. The number of hydrogen-bond donors (Lipinski definition) is 1. The quantitative estimate of drug-likeness (QED) is 0.836. The molecule has 1 N–H and O–H groups in total. The van der Waals surface area contributed by atoms with Gasteiger partial charge >= 0.3 is 12.1 Å². The van der Waals surface area contributed by atoms with Crippen molar-refractivity contribution in [3.8, 4) is 5.75 Å². The topological polar surface area (TPSA) is 89.4 Å². The average molecular weight is 251 g/mol. The molecule has 7 nitrogen and oxygen atoms in total. The molecule has 0 spiro atoms. The predicted molar refractivity (Wildman–Crippen MR) is 63.9 cm³/mol. The van der Waals surface area contributed by atoms with Gasteiger partial charge in [0.05, 0.1) is 13.7 Å². The highest BCUT2D eigenvalue weighted by Crippen LogP contribution is 2.14. The molecule has 0 aromatic heterocycles. The third-order valence-electron chi connectivity index (χ3n) is 1.83. The van der Waals surface area contributed by atoms with Crippen LogP contribution in [0.2, 0.25) is 0 Å². The van der Waals surface area contributed by atoms with Gasteiger partial charge in [0, 0.05) is 5.69 Å². The number of nitrogens with zero attached hydrogens (tertiary/aromatic N) is 2. The van der Waals surface area contributed by atoms with E-state index in [4.69, 9.17) is 4.74 Å². The summed E-state index contributed by atoms with van der Waals surface area (Å²) in [6.45, 7) is 1.81. The maximum absolute atomic E-state index is 11.3. The molecule has 3 amide bonds. The van der Waals surface area contributed by atoms with Crippen molar-refractivity contribution in [3.05, 3.63) is 24.3 Å². The number of hydrogen-bond acceptors (Lipinski definition) is 4. The summed E-state index contributed by atoms with van der Waals surface area (Å²) < 4.78 is 9.44. The normalized spacial score (nSPS) is 10.1. The third-order valence-corrected chi connectivity index (χ3v) is 1.83. The van der Waals surface area contributed by atoms with Gasteiger partial charge in [0.2, 0.25) is 0 Å². The first kappa shape index (κ1) is 13.6. The SMILES string of the molecule is CCOC(=O)/N=N/C(=O)Nc1ccc(OC)cc1. The largest absolute Gasteiger partial charge is 0.497 e. The predicted octanol–water partition coefficient (Wildman–Crippen LogP) is 2.84. The first-order chi connectivity index (χ1) is 8.65. The Morgan fingerprint density at radius 2 is 1.89 bits per heavy atom. The van der Waals surface area contributed by atoms with Crippen LogP contribution in [0.3, 0.4) is 0 Å². The summed E-state index contributed by atoms with van der Waals surface area (Å²) in [6, 6.07) is 5.87. The highest BCUT2D eigenvalue weighted by Gasteiger charge is 2.02. The number of carbonyl (C=O) groups is 2. The second-order valence-electron chi connectivity index (χ2n) is 3.06. The summed E-state index contributed by atoms with van der Waals surface area (Å²) in [5, 5.41) is 8.65. The number of azo groups is 1. The molecule has 1 aromatic carbocycles. The van der Waals surface area contributed by atoms with Gasteiger partial charge in [-0.2, -0.15) is 0 Å². The van der Waals surface area contributed by atoms with Gasteiger partial charge in [-0.05, 0) is 31.2 Å². The molecule has 0 radical (unpaired) electrons. The summed E-state index contributed by atoms with van der Waals surface area (Å²) in [5.74, 6) is 0.668. The Hall–Kier alpha value is -2.44. The first-order valence-electron chi connectivity index (χ1n) is 5.19. The van der Waals surface area contributed by atoms with Gasteiger partial charge in [0.15, 0.2) is 0 Å². The van der Waals surface area contributed by atoms with Crippen molar-refractivity contribution < 1.29 is 19.1 Å². The van der Waals surface area contributed by atoms with Crippen LogP contribution in [0.1, 0.15) is 6.92 Å². The van der Waals surface area contributed by atoms with Gasteiger partial charge in [0.25, 0.3) is 0 Å². The molecule has 96 valence electrons. The molecule has 0 fully saturated rings. The first-order valence-corrected chi connectivity index (χ1v) is 5.19. The van der Waals surface area contributed by atoms with Gasteiger partial charge in [-0.1, -0.05) is 10.2 Å². The van der Waals surface area contributed by atoms with Crippen molar-refractivity contribution in [3.63, 3.8) is 0 Å². The van der Waals surface area contributed by atoms with Crippen LogP contribution >= 0.6 is 0 Å². The van der Waals surface area contributed by atoms with Crippen molar-refractivity contribution in [2.45, 2.75) is 6.92 Å². The fourth-order valence-corrected chi connectivity index (χ4v) is 1.06.